The number of nitrogens with zero attached hydrogens (tertiary/aromatic N) is 1. The number of halogens is 1. The van der Waals surface area contributed by atoms with E-state index in [9.17, 15) is 0 Å². The van der Waals surface area contributed by atoms with Crippen molar-refractivity contribution in [2.24, 2.45) is 5.73 Å². The van der Waals surface area contributed by atoms with Gasteiger partial charge in [-0.15, -0.1) is 0 Å². The molecule has 0 atom stereocenters. The van der Waals surface area contributed by atoms with Crippen LogP contribution in [-0.2, 0) is 6.54 Å². The number of hydrogen-bond acceptors (Lipinski definition) is 2. The Hall–Kier alpha value is -1.84. The van der Waals surface area contributed by atoms with Gasteiger partial charge in [0.1, 0.15) is 0 Å². The van der Waals surface area contributed by atoms with E-state index in [4.69, 9.17) is 17.3 Å². The van der Waals surface area contributed by atoms with Crippen LogP contribution < -0.4 is 5.73 Å². The molecule has 18 heavy (non-hydrogen) atoms. The Labute approximate surface area is 110 Å². The van der Waals surface area contributed by atoms with E-state index in [1.165, 1.54) is 0 Å². The van der Waals surface area contributed by atoms with Crippen molar-refractivity contribution in [1.82, 2.24) is 9.97 Å². The van der Waals surface area contributed by atoms with Crippen molar-refractivity contribution in [2.45, 2.75) is 6.54 Å². The maximum Gasteiger partial charge on any atom is 0.0867 e. The maximum atomic E-state index is 6.16. The second kappa shape index (κ2) is 4.44. The molecule has 2 aromatic heterocycles. The van der Waals surface area contributed by atoms with E-state index in [1.54, 1.807) is 6.20 Å². The minimum absolute atomic E-state index is 0.510. The van der Waals surface area contributed by atoms with E-state index in [0.717, 1.165) is 32.9 Å². The molecule has 3 nitrogen and oxygen atoms in total. The fourth-order valence-corrected chi connectivity index (χ4v) is 2.23. The summed E-state index contributed by atoms with van der Waals surface area (Å²) in [6.45, 7) is 0.510. The van der Waals surface area contributed by atoms with Gasteiger partial charge in [-0.2, -0.15) is 0 Å². The van der Waals surface area contributed by atoms with Crippen molar-refractivity contribution >= 4 is 22.5 Å². The molecule has 0 aliphatic carbocycles. The lowest BCUT2D eigenvalue weighted by Crippen LogP contribution is -1.97. The summed E-state index contributed by atoms with van der Waals surface area (Å²) in [6, 6.07) is 11.7. The third kappa shape index (κ3) is 1.88. The number of hydrogen-bond donors (Lipinski definition) is 2. The van der Waals surface area contributed by atoms with Gasteiger partial charge < -0.3 is 10.7 Å². The summed E-state index contributed by atoms with van der Waals surface area (Å²) in [5.41, 5.74) is 9.54. The molecule has 1 aromatic carbocycles. The fraction of sp³-hybridized carbons (Fsp3) is 0.0714. The van der Waals surface area contributed by atoms with Crippen LogP contribution in [0.15, 0.2) is 42.6 Å². The van der Waals surface area contributed by atoms with Crippen LogP contribution in [0.3, 0.4) is 0 Å². The van der Waals surface area contributed by atoms with E-state index in [-0.39, 0.29) is 0 Å². The zero-order chi connectivity index (χ0) is 12.5. The van der Waals surface area contributed by atoms with Gasteiger partial charge in [0, 0.05) is 28.7 Å². The number of rotatable bonds is 2. The Balaban J connectivity index is 2.16. The van der Waals surface area contributed by atoms with Crippen LogP contribution in [0.2, 0.25) is 5.02 Å². The molecule has 3 rings (SSSR count). The predicted molar refractivity (Wildman–Crippen MR) is 74.4 cm³/mol. The summed E-state index contributed by atoms with van der Waals surface area (Å²) in [6.07, 6.45) is 1.77. The van der Waals surface area contributed by atoms with Gasteiger partial charge in [-0.25, -0.2) is 0 Å². The van der Waals surface area contributed by atoms with Crippen LogP contribution in [-0.4, -0.2) is 9.97 Å². The highest BCUT2D eigenvalue weighted by molar-refractivity contribution is 6.35. The summed E-state index contributed by atoms with van der Waals surface area (Å²) in [5, 5.41) is 1.75. The summed E-state index contributed by atoms with van der Waals surface area (Å²) < 4.78 is 0. The Kier molecular flexibility index (Phi) is 2.78. The monoisotopic (exact) mass is 257 g/mol. The van der Waals surface area contributed by atoms with E-state index in [2.05, 4.69) is 9.97 Å². The van der Waals surface area contributed by atoms with Crippen LogP contribution in [0.4, 0.5) is 0 Å². The number of aromatic nitrogens is 2. The van der Waals surface area contributed by atoms with Gasteiger partial charge in [-0.05, 0) is 35.9 Å². The Bertz CT molecular complexity index is 703. The molecule has 0 fully saturated rings. The van der Waals surface area contributed by atoms with Crippen LogP contribution in [0.1, 0.15) is 5.56 Å². The van der Waals surface area contributed by atoms with Gasteiger partial charge in [0.25, 0.3) is 0 Å². The van der Waals surface area contributed by atoms with Gasteiger partial charge in [0.2, 0.25) is 0 Å². The predicted octanol–water partition coefficient (Wildman–Crippen LogP) is 3.34. The average molecular weight is 258 g/mol. The molecule has 4 heteroatoms. The van der Waals surface area contributed by atoms with Gasteiger partial charge in [0.15, 0.2) is 0 Å². The third-order valence-electron chi connectivity index (χ3n) is 2.95. The molecule has 3 N–H and O–H groups in total. The van der Waals surface area contributed by atoms with Crippen LogP contribution >= 0.6 is 11.6 Å². The summed E-state index contributed by atoms with van der Waals surface area (Å²) in [4.78, 5) is 7.67. The van der Waals surface area contributed by atoms with Gasteiger partial charge in [-0.3, -0.25) is 4.98 Å². The highest BCUT2D eigenvalue weighted by atomic mass is 35.5. The number of nitrogens with two attached hydrogens (primary N) is 1. The number of benzene rings is 1. The number of pyridine rings is 1. The second-order valence-corrected chi connectivity index (χ2v) is 4.54. The van der Waals surface area contributed by atoms with Crippen molar-refractivity contribution in [1.29, 1.82) is 0 Å². The molecule has 0 amide bonds. The van der Waals surface area contributed by atoms with E-state index < -0.39 is 0 Å². The average Bonchev–Trinajstić information content (AvgIpc) is 2.84. The molecule has 0 aliphatic heterocycles. The summed E-state index contributed by atoms with van der Waals surface area (Å²) in [5.74, 6) is 0. The lowest BCUT2D eigenvalue weighted by atomic mass is 10.2. The first-order valence-corrected chi connectivity index (χ1v) is 6.08. The van der Waals surface area contributed by atoms with Gasteiger partial charge in [-0.1, -0.05) is 17.7 Å². The zero-order valence-electron chi connectivity index (χ0n) is 9.65. The van der Waals surface area contributed by atoms with Crippen molar-refractivity contribution < 1.29 is 0 Å². The SMILES string of the molecule is NCc1ccnc(-c2cc3c(Cl)cccc3[nH]2)c1. The van der Waals surface area contributed by atoms with Crippen LogP contribution in [0.25, 0.3) is 22.3 Å². The minimum Gasteiger partial charge on any atom is -0.353 e. The van der Waals surface area contributed by atoms with Crippen LogP contribution in [0.5, 0.6) is 0 Å². The number of fused-ring (bicyclic) bond motifs is 1. The van der Waals surface area contributed by atoms with Crippen LogP contribution in [0, 0.1) is 0 Å². The number of H-pyrrole nitrogens is 1. The quantitative estimate of drug-likeness (QED) is 0.740. The van der Waals surface area contributed by atoms with E-state index in [0.29, 0.717) is 6.54 Å². The highest BCUT2D eigenvalue weighted by Crippen LogP contribution is 2.28. The smallest absolute Gasteiger partial charge is 0.0867 e. The first-order chi connectivity index (χ1) is 8.78. The topological polar surface area (TPSA) is 54.7 Å². The largest absolute Gasteiger partial charge is 0.353 e. The van der Waals surface area contributed by atoms with Crippen molar-refractivity contribution in [2.75, 3.05) is 0 Å². The van der Waals surface area contributed by atoms with Crippen molar-refractivity contribution in [3.05, 3.63) is 53.2 Å². The van der Waals surface area contributed by atoms with Crippen molar-refractivity contribution in [3.63, 3.8) is 0 Å². The molecule has 0 saturated heterocycles. The molecule has 2 heterocycles. The molecule has 0 radical (unpaired) electrons. The maximum absolute atomic E-state index is 6.16. The Morgan fingerprint density at radius 2 is 2.11 bits per heavy atom. The molecule has 0 spiro atoms. The summed E-state index contributed by atoms with van der Waals surface area (Å²) in [7, 11) is 0. The van der Waals surface area contributed by atoms with Gasteiger partial charge >= 0.3 is 0 Å². The van der Waals surface area contributed by atoms with Crippen molar-refractivity contribution in [3.8, 4) is 11.4 Å². The molecule has 0 unspecified atom stereocenters. The van der Waals surface area contributed by atoms with E-state index in [1.807, 2.05) is 36.4 Å². The molecule has 90 valence electrons. The first kappa shape index (κ1) is 11.3. The Morgan fingerprint density at radius 3 is 2.89 bits per heavy atom. The second-order valence-electron chi connectivity index (χ2n) is 4.14. The molecular formula is C14H12ClN3. The lowest BCUT2D eigenvalue weighted by molar-refractivity contribution is 1.06. The fourth-order valence-electron chi connectivity index (χ4n) is 2.00. The lowest BCUT2D eigenvalue weighted by Gasteiger charge is -1.99. The Morgan fingerprint density at radius 1 is 1.22 bits per heavy atom. The van der Waals surface area contributed by atoms with Gasteiger partial charge in [0.05, 0.1) is 11.4 Å². The first-order valence-electron chi connectivity index (χ1n) is 5.70. The van der Waals surface area contributed by atoms with E-state index >= 15 is 0 Å². The molecule has 0 saturated carbocycles. The molecular weight excluding hydrogens is 246 g/mol. The normalized spacial score (nSPS) is 11.0. The molecule has 0 aliphatic rings. The summed E-state index contributed by atoms with van der Waals surface area (Å²) >= 11 is 6.16. The number of nitrogens with one attached hydrogen (secondary N) is 1. The minimum atomic E-state index is 0.510. The standard InChI is InChI=1S/C14H12ClN3/c15-11-2-1-3-12-10(11)7-14(18-12)13-6-9(8-16)4-5-17-13/h1-7,18H,8,16H2. The highest BCUT2D eigenvalue weighted by Gasteiger charge is 2.07. The molecule has 3 aromatic rings. The number of aromatic amines is 1. The zero-order valence-corrected chi connectivity index (χ0v) is 10.4. The molecule has 0 bridgehead atoms. The third-order valence-corrected chi connectivity index (χ3v) is 3.28.